The summed E-state index contributed by atoms with van der Waals surface area (Å²) >= 11 is 0. The SMILES string of the molecule is COCCn1cncc1CNC(=O)c1cccnc1OC. The number of carbonyl (C=O) groups is 1. The minimum atomic E-state index is -0.237. The zero-order chi connectivity index (χ0) is 15.1. The predicted octanol–water partition coefficient (Wildman–Crippen LogP) is 0.863. The van der Waals surface area contributed by atoms with Crippen molar-refractivity contribution < 1.29 is 14.3 Å². The lowest BCUT2D eigenvalue weighted by atomic mass is 10.2. The van der Waals surface area contributed by atoms with E-state index in [9.17, 15) is 4.79 Å². The third-order valence-electron chi connectivity index (χ3n) is 2.97. The number of rotatable bonds is 7. The summed E-state index contributed by atoms with van der Waals surface area (Å²) in [6, 6.07) is 3.36. The van der Waals surface area contributed by atoms with Crippen LogP contribution in [0.3, 0.4) is 0 Å². The van der Waals surface area contributed by atoms with Crippen molar-refractivity contribution in [3.05, 3.63) is 42.1 Å². The minimum Gasteiger partial charge on any atom is -0.480 e. The molecule has 0 spiro atoms. The highest BCUT2D eigenvalue weighted by molar-refractivity contribution is 5.96. The van der Waals surface area contributed by atoms with Crippen LogP contribution in [0, 0.1) is 0 Å². The van der Waals surface area contributed by atoms with Gasteiger partial charge in [-0.2, -0.15) is 0 Å². The van der Waals surface area contributed by atoms with E-state index in [0.717, 1.165) is 5.69 Å². The van der Waals surface area contributed by atoms with Crippen molar-refractivity contribution in [2.45, 2.75) is 13.1 Å². The van der Waals surface area contributed by atoms with E-state index in [2.05, 4.69) is 15.3 Å². The molecule has 0 aliphatic heterocycles. The predicted molar refractivity (Wildman–Crippen MR) is 76.1 cm³/mol. The fraction of sp³-hybridized carbons (Fsp3) is 0.357. The number of nitrogens with one attached hydrogen (secondary N) is 1. The first-order chi connectivity index (χ1) is 10.3. The molecule has 2 aromatic heterocycles. The van der Waals surface area contributed by atoms with Crippen LogP contribution in [0.15, 0.2) is 30.9 Å². The van der Waals surface area contributed by atoms with E-state index >= 15 is 0 Å². The number of imidazole rings is 1. The molecule has 1 amide bonds. The second-order valence-corrected chi connectivity index (χ2v) is 4.31. The van der Waals surface area contributed by atoms with Crippen LogP contribution < -0.4 is 10.1 Å². The number of nitrogens with zero attached hydrogens (tertiary/aromatic N) is 3. The molecule has 112 valence electrons. The van der Waals surface area contributed by atoms with Gasteiger partial charge in [-0.1, -0.05) is 0 Å². The molecule has 21 heavy (non-hydrogen) atoms. The zero-order valence-corrected chi connectivity index (χ0v) is 12.1. The molecule has 0 aromatic carbocycles. The van der Waals surface area contributed by atoms with Crippen molar-refractivity contribution in [1.82, 2.24) is 19.9 Å². The average molecular weight is 290 g/mol. The largest absolute Gasteiger partial charge is 0.480 e. The molecular formula is C14H18N4O3. The van der Waals surface area contributed by atoms with Gasteiger partial charge in [-0.3, -0.25) is 4.79 Å². The van der Waals surface area contributed by atoms with Gasteiger partial charge in [0.2, 0.25) is 5.88 Å². The van der Waals surface area contributed by atoms with Crippen LogP contribution in [0.1, 0.15) is 16.1 Å². The molecule has 0 atom stereocenters. The molecule has 0 aliphatic rings. The lowest BCUT2D eigenvalue weighted by molar-refractivity contribution is 0.0946. The first-order valence-electron chi connectivity index (χ1n) is 6.51. The molecule has 0 fully saturated rings. The Morgan fingerprint density at radius 2 is 2.29 bits per heavy atom. The van der Waals surface area contributed by atoms with Crippen molar-refractivity contribution >= 4 is 5.91 Å². The van der Waals surface area contributed by atoms with E-state index in [4.69, 9.17) is 9.47 Å². The number of pyridine rings is 1. The molecule has 7 heteroatoms. The number of ether oxygens (including phenoxy) is 2. The maximum Gasteiger partial charge on any atom is 0.257 e. The monoisotopic (exact) mass is 290 g/mol. The lowest BCUT2D eigenvalue weighted by Gasteiger charge is -2.10. The van der Waals surface area contributed by atoms with Crippen molar-refractivity contribution in [3.8, 4) is 5.88 Å². The van der Waals surface area contributed by atoms with Crippen LogP contribution in [0.2, 0.25) is 0 Å². The standard InChI is InChI=1S/C14H18N4O3/c1-20-7-6-18-10-15-8-11(18)9-17-13(19)12-4-3-5-16-14(12)21-2/h3-5,8,10H,6-7,9H2,1-2H3,(H,17,19). The normalized spacial score (nSPS) is 10.4. The molecule has 2 rings (SSSR count). The van der Waals surface area contributed by atoms with Gasteiger partial charge >= 0.3 is 0 Å². The highest BCUT2D eigenvalue weighted by atomic mass is 16.5. The second kappa shape index (κ2) is 7.39. The van der Waals surface area contributed by atoms with Crippen LogP contribution in [0.25, 0.3) is 0 Å². The van der Waals surface area contributed by atoms with Gasteiger partial charge in [0, 0.05) is 26.0 Å². The molecule has 2 aromatic rings. The maximum atomic E-state index is 12.2. The molecule has 0 unspecified atom stereocenters. The first-order valence-corrected chi connectivity index (χ1v) is 6.51. The van der Waals surface area contributed by atoms with Crippen molar-refractivity contribution in [2.75, 3.05) is 20.8 Å². The molecular weight excluding hydrogens is 272 g/mol. The van der Waals surface area contributed by atoms with E-state index in [0.29, 0.717) is 31.1 Å². The van der Waals surface area contributed by atoms with Crippen LogP contribution >= 0.6 is 0 Å². The fourth-order valence-electron chi connectivity index (χ4n) is 1.88. The second-order valence-electron chi connectivity index (χ2n) is 4.31. The Kier molecular flexibility index (Phi) is 5.28. The highest BCUT2D eigenvalue weighted by Gasteiger charge is 2.13. The Hall–Kier alpha value is -2.41. The van der Waals surface area contributed by atoms with Crippen LogP contribution in [0.5, 0.6) is 5.88 Å². The average Bonchev–Trinajstić information content (AvgIpc) is 2.97. The number of hydrogen-bond donors (Lipinski definition) is 1. The minimum absolute atomic E-state index is 0.237. The summed E-state index contributed by atoms with van der Waals surface area (Å²) in [5.74, 6) is 0.0716. The summed E-state index contributed by atoms with van der Waals surface area (Å²) in [6.45, 7) is 1.66. The Morgan fingerprint density at radius 1 is 1.43 bits per heavy atom. The maximum absolute atomic E-state index is 12.2. The summed E-state index contributed by atoms with van der Waals surface area (Å²) in [6.07, 6.45) is 5.01. The number of carbonyl (C=O) groups excluding carboxylic acids is 1. The first kappa shape index (κ1) is 15.0. The Bertz CT molecular complexity index is 597. The molecule has 0 saturated heterocycles. The van der Waals surface area contributed by atoms with Gasteiger partial charge in [-0.05, 0) is 12.1 Å². The van der Waals surface area contributed by atoms with Crippen molar-refractivity contribution in [3.63, 3.8) is 0 Å². The van der Waals surface area contributed by atoms with Crippen LogP contribution in [-0.2, 0) is 17.8 Å². The summed E-state index contributed by atoms with van der Waals surface area (Å²) < 4.78 is 12.0. The molecule has 2 heterocycles. The van der Waals surface area contributed by atoms with Gasteiger partial charge in [0.25, 0.3) is 5.91 Å². The van der Waals surface area contributed by atoms with Gasteiger partial charge in [0.15, 0.2) is 0 Å². The number of amides is 1. The lowest BCUT2D eigenvalue weighted by Crippen LogP contribution is -2.25. The Morgan fingerprint density at radius 3 is 3.05 bits per heavy atom. The molecule has 0 saturated carbocycles. The van der Waals surface area contributed by atoms with E-state index in [1.165, 1.54) is 7.11 Å². The van der Waals surface area contributed by atoms with E-state index in [1.54, 1.807) is 38.0 Å². The summed E-state index contributed by atoms with van der Waals surface area (Å²) in [5, 5.41) is 2.83. The van der Waals surface area contributed by atoms with E-state index < -0.39 is 0 Å². The van der Waals surface area contributed by atoms with Gasteiger partial charge in [0.05, 0.1) is 32.3 Å². The van der Waals surface area contributed by atoms with E-state index in [-0.39, 0.29) is 5.91 Å². The molecule has 0 aliphatic carbocycles. The van der Waals surface area contributed by atoms with Crippen LogP contribution in [-0.4, -0.2) is 41.3 Å². The number of methoxy groups -OCH3 is 2. The molecule has 1 N–H and O–H groups in total. The van der Waals surface area contributed by atoms with E-state index in [1.807, 2.05) is 4.57 Å². The number of hydrogen-bond acceptors (Lipinski definition) is 5. The summed E-state index contributed by atoms with van der Waals surface area (Å²) in [5.41, 5.74) is 1.31. The summed E-state index contributed by atoms with van der Waals surface area (Å²) in [4.78, 5) is 20.2. The number of aromatic nitrogens is 3. The van der Waals surface area contributed by atoms with Crippen molar-refractivity contribution in [2.24, 2.45) is 0 Å². The third kappa shape index (κ3) is 3.79. The molecule has 0 bridgehead atoms. The smallest absolute Gasteiger partial charge is 0.257 e. The third-order valence-corrected chi connectivity index (χ3v) is 2.97. The van der Waals surface area contributed by atoms with Gasteiger partial charge < -0.3 is 19.4 Å². The fourth-order valence-corrected chi connectivity index (χ4v) is 1.88. The zero-order valence-electron chi connectivity index (χ0n) is 12.1. The van der Waals surface area contributed by atoms with Gasteiger partial charge in [-0.15, -0.1) is 0 Å². The molecule has 0 radical (unpaired) electrons. The Labute approximate surface area is 122 Å². The molecule has 7 nitrogen and oxygen atoms in total. The quantitative estimate of drug-likeness (QED) is 0.818. The van der Waals surface area contributed by atoms with Crippen LogP contribution in [0.4, 0.5) is 0 Å². The van der Waals surface area contributed by atoms with Gasteiger partial charge in [-0.25, -0.2) is 9.97 Å². The summed E-state index contributed by atoms with van der Waals surface area (Å²) in [7, 11) is 3.13. The highest BCUT2D eigenvalue weighted by Crippen LogP contribution is 2.13. The van der Waals surface area contributed by atoms with Gasteiger partial charge in [0.1, 0.15) is 5.56 Å². The topological polar surface area (TPSA) is 78.3 Å². The Balaban J connectivity index is 1.99. The van der Waals surface area contributed by atoms with Crippen molar-refractivity contribution in [1.29, 1.82) is 0 Å².